The number of carbonyl (C=O) groups is 1. The number of aromatic nitrogens is 2. The summed E-state index contributed by atoms with van der Waals surface area (Å²) in [7, 11) is 1.59. The lowest BCUT2D eigenvalue weighted by molar-refractivity contribution is 0.133. The van der Waals surface area contributed by atoms with Gasteiger partial charge in [0.1, 0.15) is 0 Å². The lowest BCUT2D eigenvalue weighted by Gasteiger charge is -2.25. The van der Waals surface area contributed by atoms with Crippen molar-refractivity contribution in [1.82, 2.24) is 15.5 Å². The molecule has 1 aromatic carbocycles. The van der Waals surface area contributed by atoms with E-state index in [0.717, 1.165) is 5.56 Å². The van der Waals surface area contributed by atoms with Crippen LogP contribution in [-0.4, -0.2) is 35.5 Å². The van der Waals surface area contributed by atoms with Crippen molar-refractivity contribution in [2.75, 3.05) is 19.0 Å². The second-order valence-corrected chi connectivity index (χ2v) is 5.22. The molecule has 7 heteroatoms. The summed E-state index contributed by atoms with van der Waals surface area (Å²) in [4.78, 5) is 12.0. The molecule has 2 aromatic rings. The fourth-order valence-electron chi connectivity index (χ4n) is 1.90. The van der Waals surface area contributed by atoms with E-state index in [1.165, 1.54) is 6.39 Å². The molecule has 7 nitrogen and oxygen atoms in total. The van der Waals surface area contributed by atoms with Gasteiger partial charge in [0.2, 0.25) is 12.3 Å². The quantitative estimate of drug-likeness (QED) is 0.881. The van der Waals surface area contributed by atoms with Crippen LogP contribution >= 0.6 is 0 Å². The van der Waals surface area contributed by atoms with Crippen molar-refractivity contribution < 1.29 is 13.9 Å². The molecule has 0 saturated carbocycles. The van der Waals surface area contributed by atoms with Crippen molar-refractivity contribution in [3.8, 4) is 11.5 Å². The molecule has 1 heterocycles. The second-order valence-electron chi connectivity index (χ2n) is 5.22. The predicted octanol–water partition coefficient (Wildman–Crippen LogP) is 2.28. The number of urea groups is 1. The van der Waals surface area contributed by atoms with Crippen molar-refractivity contribution in [1.29, 1.82) is 0 Å². The average Bonchev–Trinajstić information content (AvgIpc) is 2.91. The standard InChI is InChI=1S/C14H18N4O3/c1-14(2,8-20-3)17-13(19)16-11-6-4-5-10(7-11)12-18-15-9-21-12/h4-7,9H,8H2,1-3H3,(H2,16,17,19). The van der Waals surface area contributed by atoms with E-state index in [2.05, 4.69) is 20.8 Å². The normalized spacial score (nSPS) is 11.2. The highest BCUT2D eigenvalue weighted by atomic mass is 16.5. The first-order valence-corrected chi connectivity index (χ1v) is 6.45. The van der Waals surface area contributed by atoms with Crippen LogP contribution in [0.5, 0.6) is 0 Å². The molecule has 112 valence electrons. The number of hydrogen-bond acceptors (Lipinski definition) is 5. The molecule has 0 bridgehead atoms. The van der Waals surface area contributed by atoms with Crippen LogP contribution in [0.1, 0.15) is 13.8 Å². The monoisotopic (exact) mass is 290 g/mol. The molecule has 0 aliphatic rings. The van der Waals surface area contributed by atoms with E-state index in [-0.39, 0.29) is 6.03 Å². The molecule has 0 radical (unpaired) electrons. The molecule has 0 aliphatic carbocycles. The van der Waals surface area contributed by atoms with Gasteiger partial charge in [0, 0.05) is 18.4 Å². The van der Waals surface area contributed by atoms with E-state index in [1.807, 2.05) is 19.9 Å². The first-order chi connectivity index (χ1) is 10.00. The smallest absolute Gasteiger partial charge is 0.319 e. The van der Waals surface area contributed by atoms with Gasteiger partial charge in [0.25, 0.3) is 0 Å². The summed E-state index contributed by atoms with van der Waals surface area (Å²) in [5, 5.41) is 13.1. The van der Waals surface area contributed by atoms with Crippen LogP contribution in [0.25, 0.3) is 11.5 Å². The Morgan fingerprint density at radius 2 is 2.24 bits per heavy atom. The SMILES string of the molecule is COCC(C)(C)NC(=O)Nc1cccc(-c2nnco2)c1. The van der Waals surface area contributed by atoms with Gasteiger partial charge in [0.15, 0.2) is 0 Å². The summed E-state index contributed by atoms with van der Waals surface area (Å²) >= 11 is 0. The Bertz CT molecular complexity index is 596. The lowest BCUT2D eigenvalue weighted by atomic mass is 10.1. The van der Waals surface area contributed by atoms with E-state index >= 15 is 0 Å². The Hall–Kier alpha value is -2.41. The molecule has 1 aromatic heterocycles. The number of rotatable bonds is 5. The maximum atomic E-state index is 12.0. The fraction of sp³-hybridized carbons (Fsp3) is 0.357. The zero-order valence-electron chi connectivity index (χ0n) is 12.2. The third-order valence-electron chi connectivity index (χ3n) is 2.68. The van der Waals surface area contributed by atoms with Gasteiger partial charge in [-0.15, -0.1) is 10.2 Å². The number of amides is 2. The zero-order valence-corrected chi connectivity index (χ0v) is 12.2. The molecule has 2 amide bonds. The van der Waals surface area contributed by atoms with Gasteiger partial charge in [-0.2, -0.15) is 0 Å². The number of methoxy groups -OCH3 is 1. The molecular formula is C14H18N4O3. The van der Waals surface area contributed by atoms with E-state index in [0.29, 0.717) is 18.2 Å². The van der Waals surface area contributed by atoms with Crippen LogP contribution in [0.2, 0.25) is 0 Å². The largest absolute Gasteiger partial charge is 0.423 e. The summed E-state index contributed by atoms with van der Waals surface area (Å²) in [5.74, 6) is 0.402. The fourth-order valence-corrected chi connectivity index (χ4v) is 1.90. The Balaban J connectivity index is 2.03. The van der Waals surface area contributed by atoms with E-state index in [1.54, 1.807) is 25.3 Å². The van der Waals surface area contributed by atoms with Crippen LogP contribution < -0.4 is 10.6 Å². The molecule has 0 unspecified atom stereocenters. The maximum absolute atomic E-state index is 12.0. The highest BCUT2D eigenvalue weighted by Crippen LogP contribution is 2.20. The van der Waals surface area contributed by atoms with Crippen molar-refractivity contribution in [2.24, 2.45) is 0 Å². The number of anilines is 1. The zero-order chi connectivity index (χ0) is 15.3. The highest BCUT2D eigenvalue weighted by Gasteiger charge is 2.20. The minimum atomic E-state index is -0.455. The molecule has 0 saturated heterocycles. The Morgan fingerprint density at radius 3 is 2.90 bits per heavy atom. The summed E-state index contributed by atoms with van der Waals surface area (Å²) in [6.45, 7) is 4.18. The lowest BCUT2D eigenvalue weighted by Crippen LogP contribution is -2.48. The number of benzene rings is 1. The molecule has 0 spiro atoms. The molecule has 2 rings (SSSR count). The van der Waals surface area contributed by atoms with Crippen molar-refractivity contribution >= 4 is 11.7 Å². The number of ether oxygens (including phenoxy) is 1. The first-order valence-electron chi connectivity index (χ1n) is 6.45. The highest BCUT2D eigenvalue weighted by molar-refractivity contribution is 5.90. The van der Waals surface area contributed by atoms with Crippen molar-refractivity contribution in [2.45, 2.75) is 19.4 Å². The number of carbonyl (C=O) groups excluding carboxylic acids is 1. The van der Waals surface area contributed by atoms with E-state index in [4.69, 9.17) is 9.15 Å². The van der Waals surface area contributed by atoms with Gasteiger partial charge >= 0.3 is 6.03 Å². The molecule has 21 heavy (non-hydrogen) atoms. The number of nitrogens with zero attached hydrogens (tertiary/aromatic N) is 2. The van der Waals surface area contributed by atoms with Crippen LogP contribution in [-0.2, 0) is 4.74 Å². The first kappa shape index (κ1) is 15.0. The van der Waals surface area contributed by atoms with Crippen LogP contribution in [0.15, 0.2) is 35.1 Å². The average molecular weight is 290 g/mol. The molecular weight excluding hydrogens is 272 g/mol. The van der Waals surface area contributed by atoms with Crippen molar-refractivity contribution in [3.63, 3.8) is 0 Å². The van der Waals surface area contributed by atoms with E-state index < -0.39 is 5.54 Å². The summed E-state index contributed by atoms with van der Waals surface area (Å²) in [5.41, 5.74) is 0.918. The molecule has 0 aliphatic heterocycles. The molecule has 0 atom stereocenters. The minimum Gasteiger partial charge on any atom is -0.423 e. The number of hydrogen-bond donors (Lipinski definition) is 2. The minimum absolute atomic E-state index is 0.306. The Kier molecular flexibility index (Phi) is 4.54. The maximum Gasteiger partial charge on any atom is 0.319 e. The van der Waals surface area contributed by atoms with Gasteiger partial charge in [-0.05, 0) is 32.0 Å². The third-order valence-corrected chi connectivity index (χ3v) is 2.68. The topological polar surface area (TPSA) is 89.3 Å². The Morgan fingerprint density at radius 1 is 1.43 bits per heavy atom. The number of nitrogens with one attached hydrogen (secondary N) is 2. The summed E-state index contributed by atoms with van der Waals surface area (Å²) < 4.78 is 10.2. The molecule has 0 fully saturated rings. The van der Waals surface area contributed by atoms with E-state index in [9.17, 15) is 4.79 Å². The second kappa shape index (κ2) is 6.36. The van der Waals surface area contributed by atoms with Crippen molar-refractivity contribution in [3.05, 3.63) is 30.7 Å². The van der Waals surface area contributed by atoms with Crippen LogP contribution in [0, 0.1) is 0 Å². The van der Waals surface area contributed by atoms with Gasteiger partial charge in [-0.25, -0.2) is 4.79 Å². The van der Waals surface area contributed by atoms with Gasteiger partial charge in [0.05, 0.1) is 12.1 Å². The van der Waals surface area contributed by atoms with Gasteiger partial charge in [-0.3, -0.25) is 0 Å². The Labute approximate surface area is 122 Å². The third kappa shape index (κ3) is 4.28. The molecule has 2 N–H and O–H groups in total. The van der Waals surface area contributed by atoms with Gasteiger partial charge in [-0.1, -0.05) is 6.07 Å². The summed E-state index contributed by atoms with van der Waals surface area (Å²) in [6.07, 6.45) is 1.26. The van der Waals surface area contributed by atoms with Gasteiger partial charge < -0.3 is 19.8 Å². The predicted molar refractivity (Wildman–Crippen MR) is 77.8 cm³/mol. The summed E-state index contributed by atoms with van der Waals surface area (Å²) in [6, 6.07) is 6.86. The van der Waals surface area contributed by atoms with Crippen LogP contribution in [0.4, 0.5) is 10.5 Å². The van der Waals surface area contributed by atoms with Crippen LogP contribution in [0.3, 0.4) is 0 Å².